The van der Waals surface area contributed by atoms with E-state index < -0.39 is 23.0 Å². The van der Waals surface area contributed by atoms with Crippen LogP contribution in [0.15, 0.2) is 0 Å². The van der Waals surface area contributed by atoms with Gasteiger partial charge in [0.15, 0.2) is 16.8 Å². The number of hydrogen-bond acceptors (Lipinski definition) is 5. The van der Waals surface area contributed by atoms with Gasteiger partial charge in [-0.05, 0) is 38.0 Å². The molecule has 4 atom stereocenters. The summed E-state index contributed by atoms with van der Waals surface area (Å²) in [6.07, 6.45) is -3.61. The van der Waals surface area contributed by atoms with E-state index in [4.69, 9.17) is 4.55 Å². The molecule has 3 heterocycles. The van der Waals surface area contributed by atoms with Gasteiger partial charge in [-0.3, -0.25) is 0 Å². The summed E-state index contributed by atoms with van der Waals surface area (Å²) in [5.41, 5.74) is -0.816. The molecule has 1 aromatic heterocycles. The van der Waals surface area contributed by atoms with E-state index in [1.807, 2.05) is 11.8 Å². The van der Waals surface area contributed by atoms with E-state index in [9.17, 15) is 17.4 Å². The predicted octanol–water partition coefficient (Wildman–Crippen LogP) is 2.31. The van der Waals surface area contributed by atoms with Crippen LogP contribution in [0.1, 0.15) is 24.6 Å². The number of rotatable bonds is 4. The van der Waals surface area contributed by atoms with Gasteiger partial charge in [-0.2, -0.15) is 18.2 Å². The molecule has 2 saturated heterocycles. The van der Waals surface area contributed by atoms with Gasteiger partial charge in [0.2, 0.25) is 5.95 Å². The van der Waals surface area contributed by atoms with Crippen LogP contribution >= 0.6 is 0 Å². The maximum atomic E-state index is 13.5. The second-order valence-corrected chi connectivity index (χ2v) is 8.51. The highest BCUT2D eigenvalue weighted by Crippen LogP contribution is 2.53. The van der Waals surface area contributed by atoms with Gasteiger partial charge in [0.1, 0.15) is 5.82 Å². The molecule has 0 amide bonds. The number of halogens is 3. The van der Waals surface area contributed by atoms with Crippen molar-refractivity contribution in [2.24, 2.45) is 17.8 Å². The number of piperidine rings is 1. The first-order chi connectivity index (χ1) is 12.2. The molecule has 1 N–H and O–H groups in total. The van der Waals surface area contributed by atoms with E-state index in [1.54, 1.807) is 4.90 Å². The van der Waals surface area contributed by atoms with Crippen LogP contribution in [0.5, 0.6) is 0 Å². The number of alkyl halides is 3. The van der Waals surface area contributed by atoms with E-state index >= 15 is 0 Å². The minimum absolute atomic E-state index is 0.0537. The average molecular weight is 390 g/mol. The molecule has 3 aliphatic rings. The first kappa shape index (κ1) is 18.0. The lowest BCUT2D eigenvalue weighted by molar-refractivity contribution is -0.141. The van der Waals surface area contributed by atoms with Crippen LogP contribution in [0.4, 0.5) is 24.9 Å². The monoisotopic (exact) mass is 390 g/mol. The minimum Gasteiger partial charge on any atom is -0.356 e. The molecule has 0 radical (unpaired) electrons. The van der Waals surface area contributed by atoms with Crippen molar-refractivity contribution < 1.29 is 21.9 Å². The molecule has 0 spiro atoms. The SMILES string of the molecule is Cc1c(N2CC3C(C2)C3CS(=O)O)nc(N2CC[C@@H]2C)nc1C(F)(F)F. The predicted molar refractivity (Wildman–Crippen MR) is 91.5 cm³/mol. The topological polar surface area (TPSA) is 69.6 Å². The third-order valence-electron chi connectivity index (χ3n) is 5.96. The van der Waals surface area contributed by atoms with Crippen molar-refractivity contribution in [1.82, 2.24) is 9.97 Å². The first-order valence-electron chi connectivity index (χ1n) is 8.71. The van der Waals surface area contributed by atoms with Crippen LogP contribution in [0.3, 0.4) is 0 Å². The van der Waals surface area contributed by atoms with Gasteiger partial charge in [0, 0.05) is 31.2 Å². The summed E-state index contributed by atoms with van der Waals surface area (Å²) >= 11 is -1.82. The van der Waals surface area contributed by atoms with Crippen LogP contribution in [0.25, 0.3) is 0 Å². The maximum Gasteiger partial charge on any atom is 0.433 e. The average Bonchev–Trinajstić information content (AvgIpc) is 2.96. The van der Waals surface area contributed by atoms with Gasteiger partial charge in [-0.1, -0.05) is 0 Å². The Hall–Kier alpha value is -1.42. The second-order valence-electron chi connectivity index (χ2n) is 7.53. The lowest BCUT2D eigenvalue weighted by Gasteiger charge is -2.39. The summed E-state index contributed by atoms with van der Waals surface area (Å²) in [5.74, 6) is 1.46. The van der Waals surface area contributed by atoms with Gasteiger partial charge in [0.05, 0.1) is 5.75 Å². The highest BCUT2D eigenvalue weighted by molar-refractivity contribution is 7.79. The molecule has 6 nitrogen and oxygen atoms in total. The molecule has 10 heteroatoms. The smallest absolute Gasteiger partial charge is 0.356 e. The van der Waals surface area contributed by atoms with E-state index in [0.29, 0.717) is 25.5 Å². The molecule has 0 aromatic carbocycles. The van der Waals surface area contributed by atoms with Crippen molar-refractivity contribution in [3.8, 4) is 0 Å². The van der Waals surface area contributed by atoms with Crippen molar-refractivity contribution in [2.45, 2.75) is 32.5 Å². The van der Waals surface area contributed by atoms with Crippen LogP contribution in [-0.2, 0) is 17.3 Å². The number of anilines is 2. The quantitative estimate of drug-likeness (QED) is 0.796. The number of fused-ring (bicyclic) bond motifs is 1. The molecular formula is C16H21F3N4O2S. The molecule has 144 valence electrons. The molecule has 3 unspecified atom stereocenters. The van der Waals surface area contributed by atoms with E-state index in [1.165, 1.54) is 6.92 Å². The fourth-order valence-electron chi connectivity index (χ4n) is 4.25. The Morgan fingerprint density at radius 1 is 1.27 bits per heavy atom. The Balaban J connectivity index is 1.62. The Morgan fingerprint density at radius 3 is 2.38 bits per heavy atom. The van der Waals surface area contributed by atoms with E-state index in [0.717, 1.165) is 6.42 Å². The normalized spacial score (nSPS) is 31.6. The first-order valence-corrected chi connectivity index (χ1v) is 9.99. The van der Waals surface area contributed by atoms with Crippen LogP contribution in [-0.4, -0.2) is 50.2 Å². The molecule has 0 bridgehead atoms. The van der Waals surface area contributed by atoms with Gasteiger partial charge in [-0.15, -0.1) is 0 Å². The largest absolute Gasteiger partial charge is 0.433 e. The second kappa shape index (κ2) is 6.05. The van der Waals surface area contributed by atoms with Gasteiger partial charge < -0.3 is 14.4 Å². The Morgan fingerprint density at radius 2 is 1.92 bits per heavy atom. The summed E-state index contributed by atoms with van der Waals surface area (Å²) in [7, 11) is 0. The van der Waals surface area contributed by atoms with Crippen molar-refractivity contribution in [3.63, 3.8) is 0 Å². The van der Waals surface area contributed by atoms with E-state index in [2.05, 4.69) is 9.97 Å². The highest BCUT2D eigenvalue weighted by atomic mass is 32.2. The van der Waals surface area contributed by atoms with Crippen LogP contribution in [0, 0.1) is 24.7 Å². The zero-order chi connectivity index (χ0) is 18.8. The lowest BCUT2D eigenvalue weighted by atomic mass is 10.1. The molecule has 4 rings (SSSR count). The van der Waals surface area contributed by atoms with Crippen molar-refractivity contribution in [1.29, 1.82) is 0 Å². The minimum atomic E-state index is -4.52. The highest BCUT2D eigenvalue weighted by Gasteiger charge is 2.56. The summed E-state index contributed by atoms with van der Waals surface area (Å²) in [6, 6.07) is 0.141. The van der Waals surface area contributed by atoms with Crippen LogP contribution < -0.4 is 9.80 Å². The fourth-order valence-corrected chi connectivity index (χ4v) is 5.08. The zero-order valence-corrected chi connectivity index (χ0v) is 15.3. The van der Waals surface area contributed by atoms with Gasteiger partial charge in [0.25, 0.3) is 0 Å². The third kappa shape index (κ3) is 2.96. The van der Waals surface area contributed by atoms with E-state index in [-0.39, 0.29) is 41.1 Å². The van der Waals surface area contributed by atoms with Crippen molar-refractivity contribution in [3.05, 3.63) is 11.3 Å². The molecule has 1 aromatic rings. The molecule has 1 saturated carbocycles. The van der Waals surface area contributed by atoms with Gasteiger partial charge >= 0.3 is 6.18 Å². The van der Waals surface area contributed by atoms with Crippen LogP contribution in [0.2, 0.25) is 0 Å². The third-order valence-corrected chi connectivity index (χ3v) is 6.63. The Kier molecular flexibility index (Phi) is 4.18. The molecule has 26 heavy (non-hydrogen) atoms. The zero-order valence-electron chi connectivity index (χ0n) is 14.5. The molecule has 3 fully saturated rings. The molecule has 2 aliphatic heterocycles. The Labute approximate surface area is 152 Å². The maximum absolute atomic E-state index is 13.5. The molecule has 1 aliphatic carbocycles. The summed E-state index contributed by atoms with van der Waals surface area (Å²) in [4.78, 5) is 12.0. The summed E-state index contributed by atoms with van der Waals surface area (Å²) < 4.78 is 60.5. The molecular weight excluding hydrogens is 369 g/mol. The lowest BCUT2D eigenvalue weighted by Crippen LogP contribution is -2.47. The standard InChI is InChI=1S/C16H21F3N4O2S/c1-8-3-4-23(8)15-20-13(16(17,18)19)9(2)14(21-15)22-5-10-11(6-22)12(10)7-26(24)25/h8,10-12H,3-7H2,1-2H3,(H,24,25)/t8-,10?,11?,12?/m0/s1. The van der Waals surface area contributed by atoms with Crippen molar-refractivity contribution in [2.75, 3.05) is 35.2 Å². The number of aromatic nitrogens is 2. The summed E-state index contributed by atoms with van der Waals surface area (Å²) in [5, 5.41) is 0. The number of hydrogen-bond donors (Lipinski definition) is 1. The van der Waals surface area contributed by atoms with Gasteiger partial charge in [-0.25, -0.2) is 9.19 Å². The Bertz CT molecular complexity index is 748. The van der Waals surface area contributed by atoms with Crippen molar-refractivity contribution >= 4 is 22.8 Å². The number of nitrogens with zero attached hydrogens (tertiary/aromatic N) is 4. The fraction of sp³-hybridized carbons (Fsp3) is 0.750. The summed E-state index contributed by atoms with van der Waals surface area (Å²) in [6.45, 7) is 5.19.